The number of benzene rings is 1. The van der Waals surface area contributed by atoms with Gasteiger partial charge in [-0.3, -0.25) is 4.90 Å². The molecule has 1 aliphatic rings. The van der Waals surface area contributed by atoms with Crippen LogP contribution in [-0.2, 0) is 6.42 Å². The molecule has 2 rings (SSSR count). The molecular weight excluding hydrogens is 229 g/mol. The second-order valence-corrected chi connectivity index (χ2v) is 5.29. The van der Waals surface area contributed by atoms with Crippen LogP contribution >= 0.6 is 23.2 Å². The lowest BCUT2D eigenvalue weighted by atomic mass is 9.94. The Kier molecular flexibility index (Phi) is 3.55. The summed E-state index contributed by atoms with van der Waals surface area (Å²) in [4.78, 5) is 2.05. The molecule has 0 saturated heterocycles. The van der Waals surface area contributed by atoms with Crippen molar-refractivity contribution >= 4 is 23.2 Å². The highest BCUT2D eigenvalue weighted by Crippen LogP contribution is 2.29. The summed E-state index contributed by atoms with van der Waals surface area (Å²) in [5.74, 6) is 0. The molecule has 0 radical (unpaired) electrons. The third kappa shape index (κ3) is 2.47. The summed E-state index contributed by atoms with van der Waals surface area (Å²) in [6, 6.07) is 9.03. The second-order valence-electron chi connectivity index (χ2n) is 4.01. The third-order valence-corrected chi connectivity index (χ3v) is 3.37. The number of hydrogen-bond donors (Lipinski definition) is 0. The van der Waals surface area contributed by atoms with Crippen LogP contribution in [0.4, 0.5) is 0 Å². The van der Waals surface area contributed by atoms with Gasteiger partial charge in [0, 0.05) is 19.1 Å². The molecule has 0 saturated carbocycles. The molecule has 0 bridgehead atoms. The van der Waals surface area contributed by atoms with Gasteiger partial charge in [-0.05, 0) is 24.5 Å². The number of hydrogen-bond acceptors (Lipinski definition) is 1. The molecule has 1 nitrogen and oxygen atoms in total. The summed E-state index contributed by atoms with van der Waals surface area (Å²) in [7, 11) is 0. The minimum absolute atomic E-state index is 0.294. The number of nitrogens with zero attached hydrogens (tertiary/aromatic N) is 1. The second kappa shape index (κ2) is 4.73. The molecule has 0 amide bonds. The lowest BCUT2D eigenvalue weighted by molar-refractivity contribution is 0.207. The van der Waals surface area contributed by atoms with Crippen molar-refractivity contribution in [1.82, 2.24) is 4.90 Å². The van der Waals surface area contributed by atoms with Gasteiger partial charge in [-0.2, -0.15) is 0 Å². The van der Waals surface area contributed by atoms with E-state index in [-0.39, 0.29) is 4.84 Å². The summed E-state index contributed by atoms with van der Waals surface area (Å²) in [5, 5.41) is 0. The van der Waals surface area contributed by atoms with Crippen LogP contribution in [0.3, 0.4) is 0 Å². The fraction of sp³-hybridized carbons (Fsp3) is 0.500. The van der Waals surface area contributed by atoms with Gasteiger partial charge in [-0.1, -0.05) is 24.3 Å². The molecule has 1 heterocycles. The molecule has 0 aliphatic carbocycles. The lowest BCUT2D eigenvalue weighted by Crippen LogP contribution is -2.36. The van der Waals surface area contributed by atoms with Gasteiger partial charge in [-0.25, -0.2) is 0 Å². The van der Waals surface area contributed by atoms with Gasteiger partial charge in [0.25, 0.3) is 0 Å². The average Bonchev–Trinajstić information content (AvgIpc) is 2.22. The monoisotopic (exact) mass is 243 g/mol. The van der Waals surface area contributed by atoms with E-state index in [0.717, 1.165) is 19.5 Å². The third-order valence-electron chi connectivity index (χ3n) is 3.09. The van der Waals surface area contributed by atoms with E-state index >= 15 is 0 Å². The molecule has 1 atom stereocenters. The predicted octanol–water partition coefficient (Wildman–Crippen LogP) is 3.41. The fourth-order valence-electron chi connectivity index (χ4n) is 2.25. The first-order valence-corrected chi connectivity index (χ1v) is 6.16. The topological polar surface area (TPSA) is 3.24 Å². The molecule has 0 spiro atoms. The highest BCUT2D eigenvalue weighted by molar-refractivity contribution is 6.44. The van der Waals surface area contributed by atoms with Crippen LogP contribution in [0.25, 0.3) is 0 Å². The van der Waals surface area contributed by atoms with E-state index < -0.39 is 0 Å². The summed E-state index contributed by atoms with van der Waals surface area (Å²) in [6.45, 7) is 4.01. The van der Waals surface area contributed by atoms with Crippen LogP contribution in [0.2, 0.25) is 0 Å². The average molecular weight is 244 g/mol. The Morgan fingerprint density at radius 2 is 2.13 bits per heavy atom. The molecule has 1 aliphatic heterocycles. The van der Waals surface area contributed by atoms with Crippen molar-refractivity contribution in [3.63, 3.8) is 0 Å². The van der Waals surface area contributed by atoms with Crippen LogP contribution < -0.4 is 0 Å². The first-order valence-electron chi connectivity index (χ1n) is 5.28. The van der Waals surface area contributed by atoms with E-state index in [1.54, 1.807) is 0 Å². The highest BCUT2D eigenvalue weighted by Gasteiger charge is 2.24. The van der Waals surface area contributed by atoms with Crippen molar-refractivity contribution in [2.45, 2.75) is 24.2 Å². The Morgan fingerprint density at radius 1 is 1.40 bits per heavy atom. The van der Waals surface area contributed by atoms with Gasteiger partial charge < -0.3 is 0 Å². The summed E-state index contributed by atoms with van der Waals surface area (Å²) in [6.07, 6.45) is 1.10. The highest BCUT2D eigenvalue weighted by atomic mass is 35.5. The Balaban J connectivity index is 2.18. The Bertz CT molecular complexity index is 338. The number of halogens is 2. The molecule has 0 aromatic heterocycles. The van der Waals surface area contributed by atoms with E-state index in [4.69, 9.17) is 23.2 Å². The van der Waals surface area contributed by atoms with Gasteiger partial charge >= 0.3 is 0 Å². The van der Waals surface area contributed by atoms with Crippen LogP contribution in [0.5, 0.6) is 0 Å². The zero-order valence-electron chi connectivity index (χ0n) is 8.79. The van der Waals surface area contributed by atoms with E-state index in [1.807, 2.05) is 0 Å². The van der Waals surface area contributed by atoms with Crippen molar-refractivity contribution in [2.24, 2.45) is 0 Å². The standard InChI is InChI=1S/C12H15Cl2N/c1-9-11-5-3-2-4-10(11)6-7-15(9)8-12(13)14/h2-5,9,12H,6-8H2,1H3. The zero-order chi connectivity index (χ0) is 10.8. The first-order chi connectivity index (χ1) is 7.18. The molecule has 1 aromatic rings. The van der Waals surface area contributed by atoms with E-state index in [1.165, 1.54) is 11.1 Å². The lowest BCUT2D eigenvalue weighted by Gasteiger charge is -2.35. The van der Waals surface area contributed by atoms with Gasteiger partial charge in [0.05, 0.1) is 0 Å². The molecule has 82 valence electrons. The van der Waals surface area contributed by atoms with Crippen molar-refractivity contribution in [1.29, 1.82) is 0 Å². The summed E-state index contributed by atoms with van der Waals surface area (Å²) < 4.78 is 0. The maximum absolute atomic E-state index is 5.83. The summed E-state index contributed by atoms with van der Waals surface area (Å²) in [5.41, 5.74) is 2.87. The van der Waals surface area contributed by atoms with Gasteiger partial charge in [0.15, 0.2) is 0 Å². The number of rotatable bonds is 2. The van der Waals surface area contributed by atoms with Gasteiger partial charge in [0.2, 0.25) is 0 Å². The molecule has 1 aromatic carbocycles. The molecule has 1 unspecified atom stereocenters. The maximum atomic E-state index is 5.83. The van der Waals surface area contributed by atoms with Crippen molar-refractivity contribution in [3.8, 4) is 0 Å². The molecule has 15 heavy (non-hydrogen) atoms. The fourth-order valence-corrected chi connectivity index (χ4v) is 2.61. The van der Waals surface area contributed by atoms with Crippen LogP contribution in [0.1, 0.15) is 24.1 Å². The minimum atomic E-state index is -0.294. The predicted molar refractivity (Wildman–Crippen MR) is 65.6 cm³/mol. The first kappa shape index (κ1) is 11.3. The molecule has 0 fully saturated rings. The summed E-state index contributed by atoms with van der Waals surface area (Å²) >= 11 is 11.7. The van der Waals surface area contributed by atoms with Crippen LogP contribution in [0, 0.1) is 0 Å². The Morgan fingerprint density at radius 3 is 2.87 bits per heavy atom. The maximum Gasteiger partial charge on any atom is 0.120 e. The van der Waals surface area contributed by atoms with Crippen LogP contribution in [0.15, 0.2) is 24.3 Å². The van der Waals surface area contributed by atoms with Gasteiger partial charge in [-0.15, -0.1) is 23.2 Å². The zero-order valence-corrected chi connectivity index (χ0v) is 10.3. The molecular formula is C12H15Cl2N. The Labute approximate surface area is 101 Å². The Hall–Kier alpha value is -0.240. The normalized spacial score (nSPS) is 21.7. The van der Waals surface area contributed by atoms with E-state index in [2.05, 4.69) is 36.1 Å². The SMILES string of the molecule is CC1c2ccccc2CCN1CC(Cl)Cl. The molecule has 0 N–H and O–H groups in total. The molecule has 3 heteroatoms. The quantitative estimate of drug-likeness (QED) is 0.720. The van der Waals surface area contributed by atoms with E-state index in [0.29, 0.717) is 6.04 Å². The van der Waals surface area contributed by atoms with Crippen LogP contribution in [-0.4, -0.2) is 22.8 Å². The van der Waals surface area contributed by atoms with Crippen molar-refractivity contribution < 1.29 is 0 Å². The largest absolute Gasteiger partial charge is 0.294 e. The van der Waals surface area contributed by atoms with Gasteiger partial charge in [0.1, 0.15) is 4.84 Å². The smallest absolute Gasteiger partial charge is 0.120 e. The van der Waals surface area contributed by atoms with E-state index in [9.17, 15) is 0 Å². The van der Waals surface area contributed by atoms with Crippen molar-refractivity contribution in [3.05, 3.63) is 35.4 Å². The number of alkyl halides is 2. The number of fused-ring (bicyclic) bond motifs is 1. The van der Waals surface area contributed by atoms with Crippen molar-refractivity contribution in [2.75, 3.05) is 13.1 Å². The minimum Gasteiger partial charge on any atom is -0.294 e.